The van der Waals surface area contributed by atoms with Crippen molar-refractivity contribution in [1.29, 1.82) is 0 Å². The fraction of sp³-hybridized carbons (Fsp3) is 0.0833. The van der Waals surface area contributed by atoms with E-state index in [-0.39, 0.29) is 21.6 Å². The van der Waals surface area contributed by atoms with E-state index in [1.54, 1.807) is 6.07 Å². The molecule has 0 fully saturated rings. The van der Waals surface area contributed by atoms with Gasteiger partial charge in [0.2, 0.25) is 0 Å². The van der Waals surface area contributed by atoms with E-state index in [1.165, 1.54) is 23.5 Å². The van der Waals surface area contributed by atoms with Crippen LogP contribution in [0.1, 0.15) is 15.2 Å². The monoisotopic (exact) mass is 340 g/mol. The molecule has 0 atom stereocenters. The van der Waals surface area contributed by atoms with Crippen LogP contribution < -0.4 is 5.32 Å². The Balaban J connectivity index is 2.15. The molecule has 0 spiro atoms. The zero-order chi connectivity index (χ0) is 13.8. The summed E-state index contributed by atoms with van der Waals surface area (Å²) in [5.41, 5.74) is 0.134. The molecule has 7 heteroatoms. The van der Waals surface area contributed by atoms with Crippen molar-refractivity contribution < 1.29 is 9.72 Å². The number of hydrogen-bond acceptors (Lipinski definition) is 4. The Morgan fingerprint density at radius 2 is 2.16 bits per heavy atom. The summed E-state index contributed by atoms with van der Waals surface area (Å²) < 4.78 is 0.198. The minimum atomic E-state index is -0.528. The maximum absolute atomic E-state index is 12.0. The standard InChI is InChI=1S/C12H9BrN2O3S/c13-11-9(4-1-5-10(11)15(17)18)12(16)14-7-8-3-2-6-19-8/h1-6H,7H2,(H,14,16). The minimum Gasteiger partial charge on any atom is -0.347 e. The zero-order valence-corrected chi connectivity index (χ0v) is 12.0. The highest BCUT2D eigenvalue weighted by Gasteiger charge is 2.19. The Bertz CT molecular complexity index is 613. The molecule has 0 saturated heterocycles. The first kappa shape index (κ1) is 13.7. The van der Waals surface area contributed by atoms with Gasteiger partial charge in [-0.15, -0.1) is 11.3 Å². The van der Waals surface area contributed by atoms with Crippen LogP contribution in [0.15, 0.2) is 40.2 Å². The Labute approximate surface area is 121 Å². The number of thiophene rings is 1. The molecule has 1 aromatic carbocycles. The van der Waals surface area contributed by atoms with Crippen LogP contribution in [-0.2, 0) is 6.54 Å². The number of nitrogens with one attached hydrogen (secondary N) is 1. The van der Waals surface area contributed by atoms with Crippen LogP contribution in [0.2, 0.25) is 0 Å². The number of nitro benzene ring substituents is 1. The third-order valence-corrected chi connectivity index (χ3v) is 4.13. The summed E-state index contributed by atoms with van der Waals surface area (Å²) >= 11 is 4.64. The highest BCUT2D eigenvalue weighted by Crippen LogP contribution is 2.28. The van der Waals surface area contributed by atoms with Crippen LogP contribution >= 0.6 is 27.3 Å². The van der Waals surface area contributed by atoms with E-state index in [0.29, 0.717) is 6.54 Å². The lowest BCUT2D eigenvalue weighted by Gasteiger charge is -2.06. The SMILES string of the molecule is O=C(NCc1cccs1)c1cccc([N+](=O)[O-])c1Br. The van der Waals surface area contributed by atoms with Crippen LogP contribution in [-0.4, -0.2) is 10.8 Å². The number of hydrogen-bond donors (Lipinski definition) is 1. The second kappa shape index (κ2) is 5.94. The van der Waals surface area contributed by atoms with Crippen molar-refractivity contribution in [2.75, 3.05) is 0 Å². The van der Waals surface area contributed by atoms with Crippen LogP contribution in [0.5, 0.6) is 0 Å². The first-order valence-corrected chi connectivity index (χ1v) is 7.00. The molecule has 0 aliphatic rings. The molecule has 1 aromatic heterocycles. The number of nitro groups is 1. The summed E-state index contributed by atoms with van der Waals surface area (Å²) in [5, 5.41) is 15.4. The Kier molecular flexibility index (Phi) is 4.28. The summed E-state index contributed by atoms with van der Waals surface area (Å²) in [7, 11) is 0. The van der Waals surface area contributed by atoms with Gasteiger partial charge in [-0.1, -0.05) is 12.1 Å². The van der Waals surface area contributed by atoms with Crippen LogP contribution in [0.3, 0.4) is 0 Å². The lowest BCUT2D eigenvalue weighted by Crippen LogP contribution is -2.22. The summed E-state index contributed by atoms with van der Waals surface area (Å²) in [4.78, 5) is 23.3. The van der Waals surface area contributed by atoms with E-state index >= 15 is 0 Å². The summed E-state index contributed by atoms with van der Waals surface area (Å²) in [6.07, 6.45) is 0. The first-order chi connectivity index (χ1) is 9.09. The smallest absolute Gasteiger partial charge is 0.284 e. The Morgan fingerprint density at radius 3 is 2.79 bits per heavy atom. The largest absolute Gasteiger partial charge is 0.347 e. The van der Waals surface area contributed by atoms with E-state index in [4.69, 9.17) is 0 Å². The summed E-state index contributed by atoms with van der Waals surface area (Å²) in [6.45, 7) is 0.408. The predicted molar refractivity (Wildman–Crippen MR) is 76.3 cm³/mol. The van der Waals surface area contributed by atoms with Gasteiger partial charge in [-0.05, 0) is 33.4 Å². The molecule has 5 nitrogen and oxygen atoms in total. The average molecular weight is 341 g/mol. The highest BCUT2D eigenvalue weighted by molar-refractivity contribution is 9.10. The number of nitrogens with zero attached hydrogens (tertiary/aromatic N) is 1. The van der Waals surface area contributed by atoms with Crippen LogP contribution in [0.25, 0.3) is 0 Å². The van der Waals surface area contributed by atoms with Crippen molar-refractivity contribution in [3.63, 3.8) is 0 Å². The molecule has 0 aliphatic heterocycles. The third-order valence-electron chi connectivity index (χ3n) is 2.42. The molecule has 0 bridgehead atoms. The van der Waals surface area contributed by atoms with Crippen molar-refractivity contribution >= 4 is 38.9 Å². The van der Waals surface area contributed by atoms with E-state index < -0.39 is 4.92 Å². The van der Waals surface area contributed by atoms with Crippen molar-refractivity contribution in [2.24, 2.45) is 0 Å². The van der Waals surface area contributed by atoms with Crippen molar-refractivity contribution in [3.8, 4) is 0 Å². The van der Waals surface area contributed by atoms with Gasteiger partial charge in [-0.25, -0.2) is 0 Å². The number of carbonyl (C=O) groups excluding carboxylic acids is 1. The number of halogens is 1. The van der Waals surface area contributed by atoms with Crippen molar-refractivity contribution in [3.05, 3.63) is 60.7 Å². The fourth-order valence-corrected chi connectivity index (χ4v) is 2.75. The first-order valence-electron chi connectivity index (χ1n) is 5.33. The topological polar surface area (TPSA) is 72.2 Å². The normalized spacial score (nSPS) is 10.2. The van der Waals surface area contributed by atoms with Crippen molar-refractivity contribution in [1.82, 2.24) is 5.32 Å². The molecule has 98 valence electrons. The third kappa shape index (κ3) is 3.18. The summed E-state index contributed by atoms with van der Waals surface area (Å²) in [5.74, 6) is -0.344. The maximum atomic E-state index is 12.0. The molecular formula is C12H9BrN2O3S. The minimum absolute atomic E-state index is 0.122. The predicted octanol–water partition coefficient (Wildman–Crippen LogP) is 3.35. The molecular weight excluding hydrogens is 332 g/mol. The molecule has 1 heterocycles. The molecule has 1 amide bonds. The summed E-state index contributed by atoms with van der Waals surface area (Å²) in [6, 6.07) is 8.19. The van der Waals surface area contributed by atoms with E-state index in [1.807, 2.05) is 17.5 Å². The maximum Gasteiger partial charge on any atom is 0.284 e. The van der Waals surface area contributed by atoms with Gasteiger partial charge in [0.15, 0.2) is 0 Å². The zero-order valence-electron chi connectivity index (χ0n) is 9.63. The number of rotatable bonds is 4. The van der Waals surface area contributed by atoms with Gasteiger partial charge in [0.1, 0.15) is 4.47 Å². The molecule has 0 aliphatic carbocycles. The molecule has 0 saturated carbocycles. The van der Waals surface area contributed by atoms with Gasteiger partial charge < -0.3 is 5.32 Å². The number of carbonyl (C=O) groups is 1. The second-order valence-electron chi connectivity index (χ2n) is 3.66. The number of benzene rings is 1. The lowest BCUT2D eigenvalue weighted by atomic mass is 10.2. The second-order valence-corrected chi connectivity index (χ2v) is 5.48. The van der Waals surface area contributed by atoms with Gasteiger partial charge in [-0.3, -0.25) is 14.9 Å². The van der Waals surface area contributed by atoms with E-state index in [2.05, 4.69) is 21.2 Å². The fourth-order valence-electron chi connectivity index (χ4n) is 1.51. The van der Waals surface area contributed by atoms with E-state index in [9.17, 15) is 14.9 Å². The number of amides is 1. The molecule has 0 radical (unpaired) electrons. The molecule has 2 rings (SSSR count). The van der Waals surface area contributed by atoms with Gasteiger partial charge in [0, 0.05) is 10.9 Å². The van der Waals surface area contributed by atoms with Gasteiger partial charge in [0.25, 0.3) is 11.6 Å². The Morgan fingerprint density at radius 1 is 1.37 bits per heavy atom. The molecule has 1 N–H and O–H groups in total. The van der Waals surface area contributed by atoms with Crippen molar-refractivity contribution in [2.45, 2.75) is 6.54 Å². The van der Waals surface area contributed by atoms with E-state index in [0.717, 1.165) is 4.88 Å². The average Bonchev–Trinajstić information content (AvgIpc) is 2.89. The van der Waals surface area contributed by atoms with Gasteiger partial charge >= 0.3 is 0 Å². The quantitative estimate of drug-likeness (QED) is 0.685. The molecule has 19 heavy (non-hydrogen) atoms. The highest BCUT2D eigenvalue weighted by atomic mass is 79.9. The van der Waals surface area contributed by atoms with Gasteiger partial charge in [-0.2, -0.15) is 0 Å². The van der Waals surface area contributed by atoms with Gasteiger partial charge in [0.05, 0.1) is 17.0 Å². The molecule has 2 aromatic rings. The molecule has 0 unspecified atom stereocenters. The Hall–Kier alpha value is -1.73. The van der Waals surface area contributed by atoms with Crippen LogP contribution in [0.4, 0.5) is 5.69 Å². The van der Waals surface area contributed by atoms with Crippen LogP contribution in [0, 0.1) is 10.1 Å². The lowest BCUT2D eigenvalue weighted by molar-refractivity contribution is -0.385.